The van der Waals surface area contributed by atoms with Crippen LogP contribution in [0.1, 0.15) is 18.4 Å². The van der Waals surface area contributed by atoms with Gasteiger partial charge in [0, 0.05) is 17.0 Å². The number of rotatable bonds is 2. The van der Waals surface area contributed by atoms with E-state index in [1.165, 1.54) is 0 Å². The van der Waals surface area contributed by atoms with Gasteiger partial charge < -0.3 is 15.0 Å². The van der Waals surface area contributed by atoms with Gasteiger partial charge in [0.2, 0.25) is 11.7 Å². The second kappa shape index (κ2) is 4.15. The second-order valence-electron chi connectivity index (χ2n) is 4.93. The van der Waals surface area contributed by atoms with E-state index in [0.29, 0.717) is 24.9 Å². The predicted molar refractivity (Wildman–Crippen MR) is 68.5 cm³/mol. The summed E-state index contributed by atoms with van der Waals surface area (Å²) in [4.78, 5) is 4.49. The average Bonchev–Trinajstić information content (AvgIpc) is 3.01. The smallest absolute Gasteiger partial charge is 0.236 e. The maximum atomic E-state index is 6.05. The van der Waals surface area contributed by atoms with Crippen molar-refractivity contribution in [3.63, 3.8) is 0 Å². The maximum absolute atomic E-state index is 6.05. The zero-order valence-corrected chi connectivity index (χ0v) is 11.2. The molecule has 2 atom stereocenters. The van der Waals surface area contributed by atoms with E-state index >= 15 is 0 Å². The van der Waals surface area contributed by atoms with E-state index < -0.39 is 0 Å². The molecule has 0 amide bonds. The first-order valence-corrected chi connectivity index (χ1v) is 6.76. The summed E-state index contributed by atoms with van der Waals surface area (Å²) >= 11 is 1.63. The van der Waals surface area contributed by atoms with Crippen LogP contribution < -0.4 is 5.73 Å². The maximum Gasteiger partial charge on any atom is 0.236 e. The fourth-order valence-electron chi connectivity index (χ4n) is 2.06. The Labute approximate surface area is 109 Å². The highest BCUT2D eigenvalue weighted by Gasteiger charge is 2.44. The molecule has 1 aliphatic heterocycles. The molecule has 18 heavy (non-hydrogen) atoms. The minimum absolute atomic E-state index is 0.102. The molecule has 1 fully saturated rings. The zero-order chi connectivity index (χ0) is 12.8. The fourth-order valence-corrected chi connectivity index (χ4v) is 2.89. The van der Waals surface area contributed by atoms with Crippen LogP contribution in [0.25, 0.3) is 11.4 Å². The van der Waals surface area contributed by atoms with Crippen molar-refractivity contribution in [1.29, 1.82) is 0 Å². The molecule has 0 saturated carbocycles. The highest BCUT2D eigenvalue weighted by Crippen LogP contribution is 2.33. The fraction of sp³-hybridized carbons (Fsp3) is 0.500. The van der Waals surface area contributed by atoms with Gasteiger partial charge in [-0.15, -0.1) is 0 Å². The largest absolute Gasteiger partial charge is 0.379 e. The Morgan fingerprint density at radius 3 is 2.94 bits per heavy atom. The van der Waals surface area contributed by atoms with Gasteiger partial charge in [0.15, 0.2) is 0 Å². The van der Waals surface area contributed by atoms with Crippen molar-refractivity contribution in [2.45, 2.75) is 25.3 Å². The normalized spacial score (nSPS) is 27.8. The van der Waals surface area contributed by atoms with Gasteiger partial charge in [0.1, 0.15) is 0 Å². The molecule has 0 radical (unpaired) electrons. The van der Waals surface area contributed by atoms with Gasteiger partial charge in [-0.05, 0) is 24.8 Å². The average molecular weight is 265 g/mol. The van der Waals surface area contributed by atoms with Crippen LogP contribution >= 0.6 is 11.3 Å². The van der Waals surface area contributed by atoms with Gasteiger partial charge in [-0.25, -0.2) is 0 Å². The third-order valence-electron chi connectivity index (χ3n) is 3.53. The van der Waals surface area contributed by atoms with E-state index in [4.69, 9.17) is 15.0 Å². The minimum atomic E-state index is -0.380. The van der Waals surface area contributed by atoms with Crippen molar-refractivity contribution in [2.75, 3.05) is 13.2 Å². The Balaban J connectivity index is 1.97. The van der Waals surface area contributed by atoms with E-state index in [1.54, 1.807) is 11.3 Å². The Morgan fingerprint density at radius 2 is 2.33 bits per heavy atom. The molecule has 6 heteroatoms. The first-order chi connectivity index (χ1) is 8.61. The Hall–Kier alpha value is -1.24. The van der Waals surface area contributed by atoms with Crippen molar-refractivity contribution in [1.82, 2.24) is 10.1 Å². The highest BCUT2D eigenvalue weighted by molar-refractivity contribution is 7.08. The van der Waals surface area contributed by atoms with Crippen LogP contribution in [0, 0.1) is 6.92 Å². The Bertz CT molecular complexity index is 565. The summed E-state index contributed by atoms with van der Waals surface area (Å²) in [7, 11) is 0. The highest BCUT2D eigenvalue weighted by atomic mass is 32.1. The van der Waals surface area contributed by atoms with E-state index in [2.05, 4.69) is 15.5 Å². The Kier molecular flexibility index (Phi) is 2.73. The van der Waals surface area contributed by atoms with Crippen molar-refractivity contribution in [3.8, 4) is 11.4 Å². The number of nitrogens with zero attached hydrogens (tertiary/aromatic N) is 2. The van der Waals surface area contributed by atoms with Crippen LogP contribution in [0.3, 0.4) is 0 Å². The number of thiophene rings is 1. The molecule has 1 saturated heterocycles. The van der Waals surface area contributed by atoms with Crippen LogP contribution in [0.2, 0.25) is 0 Å². The number of nitrogens with two attached hydrogens (primary N) is 1. The van der Waals surface area contributed by atoms with Crippen LogP contribution in [0.5, 0.6) is 0 Å². The van der Waals surface area contributed by atoms with Gasteiger partial charge in [0.25, 0.3) is 0 Å². The molecule has 3 heterocycles. The molecule has 0 aromatic carbocycles. The lowest BCUT2D eigenvalue weighted by Gasteiger charge is -2.21. The summed E-state index contributed by atoms with van der Waals surface area (Å²) in [6, 6.07) is -0.102. The molecule has 1 aliphatic rings. The lowest BCUT2D eigenvalue weighted by molar-refractivity contribution is 0.169. The number of hydrogen-bond acceptors (Lipinski definition) is 6. The first kappa shape index (κ1) is 11.8. The van der Waals surface area contributed by atoms with Crippen LogP contribution in [0.4, 0.5) is 0 Å². The zero-order valence-electron chi connectivity index (χ0n) is 10.3. The summed E-state index contributed by atoms with van der Waals surface area (Å²) < 4.78 is 10.8. The molecule has 2 aromatic rings. The lowest BCUT2D eigenvalue weighted by atomic mass is 9.86. The standard InChI is InChI=1S/C12H15N3O2S/c1-7-4-18-5-8(7)10-14-11(17-15-10)12(2)6-16-3-9(12)13/h4-5,9H,3,6,13H2,1-2H3. The third kappa shape index (κ3) is 1.68. The van der Waals surface area contributed by atoms with Crippen molar-refractivity contribution in [3.05, 3.63) is 22.2 Å². The quantitative estimate of drug-likeness (QED) is 0.895. The van der Waals surface area contributed by atoms with E-state index in [1.807, 2.05) is 19.2 Å². The molecule has 2 aromatic heterocycles. The molecule has 0 spiro atoms. The number of ether oxygens (including phenoxy) is 1. The molecular formula is C12H15N3O2S. The summed E-state index contributed by atoms with van der Waals surface area (Å²) in [6.45, 7) is 5.10. The van der Waals surface area contributed by atoms with E-state index in [-0.39, 0.29) is 11.5 Å². The monoisotopic (exact) mass is 265 g/mol. The molecular weight excluding hydrogens is 250 g/mol. The molecule has 96 valence electrons. The van der Waals surface area contributed by atoms with Crippen LogP contribution in [0.15, 0.2) is 15.3 Å². The predicted octanol–water partition coefficient (Wildman–Crippen LogP) is 1.72. The van der Waals surface area contributed by atoms with Crippen LogP contribution in [-0.2, 0) is 10.2 Å². The lowest BCUT2D eigenvalue weighted by Crippen LogP contribution is -2.42. The molecule has 3 rings (SSSR count). The van der Waals surface area contributed by atoms with Gasteiger partial charge in [-0.2, -0.15) is 16.3 Å². The first-order valence-electron chi connectivity index (χ1n) is 5.82. The second-order valence-corrected chi connectivity index (χ2v) is 5.67. The van der Waals surface area contributed by atoms with Gasteiger partial charge in [-0.1, -0.05) is 5.16 Å². The molecule has 2 unspecified atom stereocenters. The minimum Gasteiger partial charge on any atom is -0.379 e. The van der Waals surface area contributed by atoms with Crippen molar-refractivity contribution in [2.24, 2.45) is 5.73 Å². The Morgan fingerprint density at radius 1 is 1.50 bits per heavy atom. The SMILES string of the molecule is Cc1cscc1-c1noc(C2(C)COCC2N)n1. The number of hydrogen-bond donors (Lipinski definition) is 1. The summed E-state index contributed by atoms with van der Waals surface area (Å²) in [5.74, 6) is 1.19. The topological polar surface area (TPSA) is 74.2 Å². The van der Waals surface area contributed by atoms with Crippen LogP contribution in [-0.4, -0.2) is 29.4 Å². The summed E-state index contributed by atoms with van der Waals surface area (Å²) in [6.07, 6.45) is 0. The number of aryl methyl sites for hydroxylation is 1. The molecule has 5 nitrogen and oxygen atoms in total. The summed E-state index contributed by atoms with van der Waals surface area (Å²) in [5, 5.41) is 8.15. The molecule has 0 aliphatic carbocycles. The van der Waals surface area contributed by atoms with E-state index in [0.717, 1.165) is 11.1 Å². The molecule has 2 N–H and O–H groups in total. The van der Waals surface area contributed by atoms with Crippen molar-refractivity contribution < 1.29 is 9.26 Å². The summed E-state index contributed by atoms with van der Waals surface area (Å²) in [5.41, 5.74) is 7.85. The van der Waals surface area contributed by atoms with Gasteiger partial charge in [-0.3, -0.25) is 0 Å². The van der Waals surface area contributed by atoms with Gasteiger partial charge in [0.05, 0.1) is 18.6 Å². The molecule has 0 bridgehead atoms. The van der Waals surface area contributed by atoms with Gasteiger partial charge >= 0.3 is 0 Å². The van der Waals surface area contributed by atoms with E-state index in [9.17, 15) is 0 Å². The number of aromatic nitrogens is 2. The third-order valence-corrected chi connectivity index (χ3v) is 4.39. The van der Waals surface area contributed by atoms with Crippen molar-refractivity contribution >= 4 is 11.3 Å².